The predicted molar refractivity (Wildman–Crippen MR) is 33.7 cm³/mol. The van der Waals surface area contributed by atoms with E-state index < -0.39 is 0 Å². The number of rotatable bonds is 0. The second-order valence-electron chi connectivity index (χ2n) is 2.02. The van der Waals surface area contributed by atoms with Crippen LogP contribution < -0.4 is 0 Å². The molecule has 0 aromatic rings. The molecule has 0 N–H and O–H groups in total. The second kappa shape index (κ2) is 2.75. The molecule has 0 atom stereocenters. The summed E-state index contributed by atoms with van der Waals surface area (Å²) in [7, 11) is 0. The summed E-state index contributed by atoms with van der Waals surface area (Å²) in [6.07, 6.45) is 8.06. The summed E-state index contributed by atoms with van der Waals surface area (Å²) < 4.78 is 1.72. The van der Waals surface area contributed by atoms with Crippen molar-refractivity contribution in [3.63, 3.8) is 0 Å². The third-order valence-corrected chi connectivity index (χ3v) is 2.82. The molecule has 0 bridgehead atoms. The van der Waals surface area contributed by atoms with Gasteiger partial charge in [-0.15, -0.1) is 0 Å². The monoisotopic (exact) mass is 202 g/mol. The van der Waals surface area contributed by atoms with E-state index in [1.54, 1.807) is 3.59 Å². The predicted octanol–water partition coefficient (Wildman–Crippen LogP) is 1.35. The summed E-state index contributed by atoms with van der Waals surface area (Å²) in [5, 5.41) is 0. The molecule has 1 aliphatic rings. The van der Waals surface area contributed by atoms with Gasteiger partial charge in [0.15, 0.2) is 0 Å². The maximum absolute atomic E-state index is 2.41. The Bertz CT molecular complexity index is 84.2. The van der Waals surface area contributed by atoms with E-state index in [0.717, 1.165) is 0 Å². The molecule has 0 saturated carbocycles. The first-order chi connectivity index (χ1) is 3.39. The Labute approximate surface area is 58.1 Å². The van der Waals surface area contributed by atoms with Gasteiger partial charge in [0.2, 0.25) is 0 Å². The van der Waals surface area contributed by atoms with E-state index >= 15 is 0 Å². The molecule has 0 aromatic heterocycles. The fourth-order valence-electron chi connectivity index (χ4n) is 0.863. The Morgan fingerprint density at radius 1 is 1.43 bits per heavy atom. The van der Waals surface area contributed by atoms with Crippen LogP contribution >= 0.6 is 0 Å². The molecule has 0 fully saturated rings. The van der Waals surface area contributed by atoms with Crippen molar-refractivity contribution in [2.24, 2.45) is 0 Å². The fourth-order valence-corrected chi connectivity index (χ4v) is 1.92. The fraction of sp³-hybridized carbons (Fsp3) is 0.667. The molecule has 1 rings (SSSR count). The Morgan fingerprint density at radius 2 is 2.29 bits per heavy atom. The molecule has 0 aromatic carbocycles. The normalized spacial score (nSPS) is 21.6. The average molecular weight is 201 g/mol. The van der Waals surface area contributed by atoms with Crippen molar-refractivity contribution in [1.29, 1.82) is 0 Å². The van der Waals surface area contributed by atoms with Crippen LogP contribution in [-0.2, 0) is 0 Å². The van der Waals surface area contributed by atoms with E-state index in [0.29, 0.717) is 0 Å². The van der Waals surface area contributed by atoms with E-state index in [9.17, 15) is 0 Å². The molecule has 2 radical (unpaired) electrons. The summed E-state index contributed by atoms with van der Waals surface area (Å²) >= 11 is 1.37. The summed E-state index contributed by atoms with van der Waals surface area (Å²) in [6, 6.07) is 0. The third-order valence-electron chi connectivity index (χ3n) is 1.33. The van der Waals surface area contributed by atoms with Gasteiger partial charge in [-0.1, -0.05) is 0 Å². The van der Waals surface area contributed by atoms with Crippen molar-refractivity contribution in [1.82, 2.24) is 0 Å². The summed E-state index contributed by atoms with van der Waals surface area (Å²) in [6.45, 7) is 0. The van der Waals surface area contributed by atoms with Crippen LogP contribution in [0.5, 0.6) is 0 Å². The van der Waals surface area contributed by atoms with Crippen LogP contribution in [0.25, 0.3) is 0 Å². The van der Waals surface area contributed by atoms with Gasteiger partial charge in [0.05, 0.1) is 0 Å². The zero-order chi connectivity index (χ0) is 5.11. The topological polar surface area (TPSA) is 0 Å². The van der Waals surface area contributed by atoms with Gasteiger partial charge in [-0.05, 0) is 0 Å². The van der Waals surface area contributed by atoms with Gasteiger partial charge >= 0.3 is 57.9 Å². The van der Waals surface area contributed by atoms with Gasteiger partial charge in [0, 0.05) is 0 Å². The molecule has 1 aliphatic carbocycles. The van der Waals surface area contributed by atoms with Gasteiger partial charge < -0.3 is 0 Å². The Morgan fingerprint density at radius 3 is 2.57 bits per heavy atom. The number of hydrogen-bond donors (Lipinski definition) is 0. The van der Waals surface area contributed by atoms with E-state index in [1.165, 1.54) is 48.2 Å². The molecule has 0 amide bonds. The Kier molecular flexibility index (Phi) is 2.23. The number of allylic oxidation sites excluding steroid dienone is 2. The molecule has 0 unspecified atom stereocenters. The maximum atomic E-state index is 2.41. The van der Waals surface area contributed by atoms with E-state index in [2.05, 4.69) is 6.08 Å². The minimum atomic E-state index is 1.36. The molecule has 38 valence electrons. The molecule has 0 nitrogen and oxygen atoms in total. The van der Waals surface area contributed by atoms with Crippen molar-refractivity contribution < 1.29 is 0 Å². The van der Waals surface area contributed by atoms with E-state index in [-0.39, 0.29) is 0 Å². The third kappa shape index (κ3) is 1.85. The second-order valence-corrected chi connectivity index (χ2v) is 4.14. The van der Waals surface area contributed by atoms with Gasteiger partial charge in [-0.3, -0.25) is 0 Å². The van der Waals surface area contributed by atoms with Crippen LogP contribution in [0.15, 0.2) is 9.67 Å². The van der Waals surface area contributed by atoms with Gasteiger partial charge in [-0.2, -0.15) is 0 Å². The van der Waals surface area contributed by atoms with Gasteiger partial charge in [0.1, 0.15) is 0 Å². The van der Waals surface area contributed by atoms with Crippen molar-refractivity contribution in [3.05, 3.63) is 9.67 Å². The van der Waals surface area contributed by atoms with Crippen LogP contribution in [0.4, 0.5) is 0 Å². The molecule has 0 spiro atoms. The van der Waals surface area contributed by atoms with Crippen molar-refractivity contribution in [2.45, 2.75) is 25.7 Å². The van der Waals surface area contributed by atoms with Gasteiger partial charge in [0.25, 0.3) is 0 Å². The first kappa shape index (κ1) is 5.67. The molecule has 1 heteroatoms. The molecule has 0 saturated heterocycles. The molecule has 0 heterocycles. The van der Waals surface area contributed by atoms with Gasteiger partial charge in [-0.25, -0.2) is 0 Å². The summed E-state index contributed by atoms with van der Waals surface area (Å²) in [4.78, 5) is 0. The average Bonchev–Trinajstić information content (AvgIpc) is 1.69. The van der Waals surface area contributed by atoms with Crippen LogP contribution in [0, 0.1) is 0 Å². The van der Waals surface area contributed by atoms with Crippen LogP contribution in [-0.4, -0.2) is 22.5 Å². The Hall–Kier alpha value is 0.539. The van der Waals surface area contributed by atoms with Crippen LogP contribution in [0.3, 0.4) is 0 Å². The van der Waals surface area contributed by atoms with Crippen molar-refractivity contribution in [3.8, 4) is 0 Å². The first-order valence-electron chi connectivity index (χ1n) is 2.84. The minimum absolute atomic E-state index is 1.36. The van der Waals surface area contributed by atoms with Crippen LogP contribution in [0.1, 0.15) is 25.7 Å². The van der Waals surface area contributed by atoms with Crippen LogP contribution in [0.2, 0.25) is 0 Å². The standard InChI is InChI=1S/C6H9.Sn.H/c1-2-4-6-5-3-1;;/h1H,2,4-6H2;;. The van der Waals surface area contributed by atoms with Crippen molar-refractivity contribution in [2.75, 3.05) is 0 Å². The molecule has 0 aliphatic heterocycles. The number of hydrogen-bond acceptors (Lipinski definition) is 0. The van der Waals surface area contributed by atoms with E-state index in [4.69, 9.17) is 0 Å². The zero-order valence-electron chi connectivity index (χ0n) is 4.48. The van der Waals surface area contributed by atoms with E-state index in [1.807, 2.05) is 0 Å². The Balaban J connectivity index is 2.40. The van der Waals surface area contributed by atoms with Crippen molar-refractivity contribution >= 4 is 22.5 Å². The first-order valence-corrected chi connectivity index (χ1v) is 4.49. The zero-order valence-corrected chi connectivity index (χ0v) is 7.78. The summed E-state index contributed by atoms with van der Waals surface area (Å²) in [5.41, 5.74) is 0. The summed E-state index contributed by atoms with van der Waals surface area (Å²) in [5.74, 6) is 0. The quantitative estimate of drug-likeness (QED) is 0.518. The molecule has 7 heavy (non-hydrogen) atoms. The molecular formula is C6H10Sn. The SMILES string of the molecule is [SnH][C]1=CCCCC1. The molecular weight excluding hydrogens is 191 g/mol.